The summed E-state index contributed by atoms with van der Waals surface area (Å²) in [5.74, 6) is 0. The van der Waals surface area contributed by atoms with Gasteiger partial charge in [0.15, 0.2) is 11.2 Å². The van der Waals surface area contributed by atoms with E-state index < -0.39 is 16.5 Å². The van der Waals surface area contributed by atoms with E-state index in [-0.39, 0.29) is 11.2 Å². The summed E-state index contributed by atoms with van der Waals surface area (Å²) >= 11 is 0. The van der Waals surface area contributed by atoms with E-state index in [2.05, 4.69) is 4.98 Å². The number of imidazole rings is 1. The largest absolute Gasteiger partial charge is 0.330 e. The molecule has 0 amide bonds. The van der Waals surface area contributed by atoms with Crippen LogP contribution in [-0.2, 0) is 19.3 Å². The van der Waals surface area contributed by atoms with E-state index >= 15 is 0 Å². The number of hydrogen-bond acceptors (Lipinski definition) is 3. The third-order valence-electron chi connectivity index (χ3n) is 2.51. The Labute approximate surface area is 100 Å². The fraction of sp³-hybridized carbons (Fsp3) is 0.375. The summed E-state index contributed by atoms with van der Waals surface area (Å²) in [4.78, 5) is 27.9. The minimum absolute atomic E-state index is 0.206. The first-order valence-electron chi connectivity index (χ1n) is 4.75. The van der Waals surface area contributed by atoms with Crippen LogP contribution >= 0.6 is 0 Å². The molecule has 6 nitrogen and oxygen atoms in total. The zero-order valence-corrected chi connectivity index (χ0v) is 9.41. The van der Waals surface area contributed by atoms with E-state index in [0.29, 0.717) is 4.57 Å². The molecule has 0 aliphatic carbocycles. The van der Waals surface area contributed by atoms with E-state index in [4.69, 9.17) is 23.5 Å². The van der Waals surface area contributed by atoms with E-state index in [1.54, 1.807) is 7.05 Å². The van der Waals surface area contributed by atoms with Crippen molar-refractivity contribution in [2.24, 2.45) is 14.1 Å². The lowest BCUT2D eigenvalue weighted by Gasteiger charge is -2.23. The van der Waals surface area contributed by atoms with Gasteiger partial charge in [-0.3, -0.25) is 13.9 Å². The topological polar surface area (TPSA) is 61.8 Å². The molecule has 0 saturated carbocycles. The highest BCUT2D eigenvalue weighted by Crippen LogP contribution is 2.04. The van der Waals surface area contributed by atoms with Crippen molar-refractivity contribution in [3.05, 3.63) is 27.2 Å². The van der Waals surface area contributed by atoms with Gasteiger partial charge in [0.2, 0.25) is 0 Å². The van der Waals surface area contributed by atoms with Gasteiger partial charge in [0, 0.05) is 14.1 Å². The number of aromatic nitrogens is 4. The molecule has 9 heteroatoms. The van der Waals surface area contributed by atoms with E-state index in [1.165, 1.54) is 17.9 Å². The second kappa shape index (κ2) is 3.42. The fourth-order valence-electron chi connectivity index (χ4n) is 1.68. The summed E-state index contributed by atoms with van der Waals surface area (Å²) < 4.78 is 3.23. The molecule has 17 heavy (non-hydrogen) atoms. The Bertz CT molecular complexity index is 706. The minimum Gasteiger partial charge on any atom is -0.328 e. The predicted molar refractivity (Wildman–Crippen MR) is 65.5 cm³/mol. The molecule has 0 unspecified atom stereocenters. The van der Waals surface area contributed by atoms with Crippen molar-refractivity contribution >= 4 is 34.7 Å². The Kier molecular flexibility index (Phi) is 2.38. The highest BCUT2D eigenvalue weighted by atomic mass is 16.2. The van der Waals surface area contributed by atoms with Crippen molar-refractivity contribution in [2.75, 3.05) is 0 Å². The SMILES string of the molecule is [B]C([B])([B])n1c(=O)c2c(ncn2C)n(C)c1=O. The molecule has 0 aromatic carbocycles. The molecule has 0 fully saturated rings. The second-order valence-electron chi connectivity index (χ2n) is 3.90. The van der Waals surface area contributed by atoms with Gasteiger partial charge in [-0.25, -0.2) is 9.78 Å². The van der Waals surface area contributed by atoms with Crippen molar-refractivity contribution in [1.29, 1.82) is 0 Å². The van der Waals surface area contributed by atoms with Crippen LogP contribution in [0.1, 0.15) is 0 Å². The molecule has 6 radical (unpaired) electrons. The number of rotatable bonds is 1. The monoisotopic (exact) mass is 224 g/mol. The molecule has 2 aromatic heterocycles. The molecule has 0 aliphatic heterocycles. The number of nitrogens with zero attached hydrogens (tertiary/aromatic N) is 4. The van der Waals surface area contributed by atoms with Crippen molar-refractivity contribution in [3.8, 4) is 0 Å². The van der Waals surface area contributed by atoms with Gasteiger partial charge in [-0.1, -0.05) is 5.24 Å². The average molecular weight is 224 g/mol. The van der Waals surface area contributed by atoms with Crippen LogP contribution in [0, 0.1) is 0 Å². The summed E-state index contributed by atoms with van der Waals surface area (Å²) in [7, 11) is 19.3. The second-order valence-corrected chi connectivity index (χ2v) is 3.90. The lowest BCUT2D eigenvalue weighted by atomic mass is 9.49. The maximum Gasteiger partial charge on any atom is 0.330 e. The smallest absolute Gasteiger partial charge is 0.328 e. The predicted octanol–water partition coefficient (Wildman–Crippen LogP) is -2.49. The first-order chi connectivity index (χ1) is 7.75. The summed E-state index contributed by atoms with van der Waals surface area (Å²) in [6, 6.07) is 0. The van der Waals surface area contributed by atoms with Gasteiger partial charge in [0.25, 0.3) is 5.56 Å². The third kappa shape index (κ3) is 1.57. The highest BCUT2D eigenvalue weighted by molar-refractivity contribution is 6.56. The molecule has 0 atom stereocenters. The number of fused-ring (bicyclic) bond motifs is 1. The maximum atomic E-state index is 12.1. The average Bonchev–Trinajstić information content (AvgIpc) is 2.55. The molecular formula is C8H7B3N4O2. The molecule has 0 bridgehead atoms. The Morgan fingerprint density at radius 3 is 2.35 bits per heavy atom. The van der Waals surface area contributed by atoms with Gasteiger partial charge in [-0.2, -0.15) is 0 Å². The quantitative estimate of drug-likeness (QED) is 0.503. The molecule has 0 N–H and O–H groups in total. The van der Waals surface area contributed by atoms with Crippen LogP contribution in [0.3, 0.4) is 0 Å². The molecular weight excluding hydrogens is 217 g/mol. The highest BCUT2D eigenvalue weighted by Gasteiger charge is 2.22. The van der Waals surface area contributed by atoms with E-state index in [1.807, 2.05) is 0 Å². The normalized spacial score (nSPS) is 12.1. The number of aryl methyl sites for hydroxylation is 2. The maximum absolute atomic E-state index is 12.1. The van der Waals surface area contributed by atoms with Crippen LogP contribution in [0.5, 0.6) is 0 Å². The Hall–Kier alpha value is -1.66. The summed E-state index contributed by atoms with van der Waals surface area (Å²) in [5, 5.41) is -2.05. The zero-order valence-electron chi connectivity index (χ0n) is 9.41. The summed E-state index contributed by atoms with van der Waals surface area (Å²) in [6.07, 6.45) is 1.42. The number of hydrogen-bond donors (Lipinski definition) is 0. The van der Waals surface area contributed by atoms with Gasteiger partial charge in [-0.15, -0.1) is 0 Å². The minimum atomic E-state index is -2.05. The van der Waals surface area contributed by atoms with Crippen LogP contribution in [0.4, 0.5) is 0 Å². The Balaban J connectivity index is 3.12. The van der Waals surface area contributed by atoms with Crippen LogP contribution < -0.4 is 11.2 Å². The third-order valence-corrected chi connectivity index (χ3v) is 2.51. The van der Waals surface area contributed by atoms with Gasteiger partial charge < -0.3 is 4.57 Å². The fourth-order valence-corrected chi connectivity index (χ4v) is 1.68. The molecule has 80 valence electrons. The summed E-state index contributed by atoms with van der Waals surface area (Å²) in [5.41, 5.74) is -0.926. The van der Waals surface area contributed by atoms with Crippen LogP contribution in [-0.4, -0.2) is 42.2 Å². The van der Waals surface area contributed by atoms with Crippen molar-refractivity contribution in [3.63, 3.8) is 0 Å². The zero-order chi connectivity index (χ0) is 13.0. The molecule has 0 saturated heterocycles. The van der Waals surface area contributed by atoms with Crippen molar-refractivity contribution in [1.82, 2.24) is 18.7 Å². The Morgan fingerprint density at radius 2 is 1.82 bits per heavy atom. The van der Waals surface area contributed by atoms with Gasteiger partial charge >= 0.3 is 5.69 Å². The first kappa shape index (κ1) is 11.8. The van der Waals surface area contributed by atoms with Crippen LogP contribution in [0.15, 0.2) is 15.9 Å². The van der Waals surface area contributed by atoms with Crippen molar-refractivity contribution in [2.45, 2.75) is 5.24 Å². The molecule has 2 heterocycles. The van der Waals surface area contributed by atoms with Gasteiger partial charge in [0.05, 0.1) is 29.9 Å². The lowest BCUT2D eigenvalue weighted by Crippen LogP contribution is -2.52. The Morgan fingerprint density at radius 1 is 1.24 bits per heavy atom. The molecule has 2 rings (SSSR count). The van der Waals surface area contributed by atoms with Crippen LogP contribution in [0.25, 0.3) is 11.2 Å². The van der Waals surface area contributed by atoms with E-state index in [9.17, 15) is 9.59 Å². The molecule has 0 spiro atoms. The van der Waals surface area contributed by atoms with Crippen molar-refractivity contribution < 1.29 is 0 Å². The summed E-state index contributed by atoms with van der Waals surface area (Å²) in [6.45, 7) is 0. The first-order valence-corrected chi connectivity index (χ1v) is 4.75. The van der Waals surface area contributed by atoms with Gasteiger partial charge in [0.1, 0.15) is 0 Å². The van der Waals surface area contributed by atoms with Gasteiger partial charge in [-0.05, 0) is 0 Å². The van der Waals surface area contributed by atoms with E-state index in [0.717, 1.165) is 4.57 Å². The van der Waals surface area contributed by atoms with Crippen LogP contribution in [0.2, 0.25) is 0 Å². The molecule has 0 aliphatic rings. The standard InChI is InChI=1S/C8H7B3N4O2/c1-13-3-12-5-4(13)6(16)15(8(9,10)11)7(17)14(5)2/h3H,1-2H3. The molecule has 2 aromatic rings. The lowest BCUT2D eigenvalue weighted by molar-refractivity contribution is 0.643.